The molecule has 0 aliphatic carbocycles. The lowest BCUT2D eigenvalue weighted by molar-refractivity contribution is 0.192. The van der Waals surface area contributed by atoms with Crippen molar-refractivity contribution in [3.8, 4) is 0 Å². The molecule has 0 amide bonds. The fraction of sp³-hybridized carbons (Fsp3) is 0.625. The summed E-state index contributed by atoms with van der Waals surface area (Å²) in [5.74, 6) is 0.888. The van der Waals surface area contributed by atoms with Gasteiger partial charge in [0, 0.05) is 6.54 Å². The molecule has 0 spiro atoms. The Bertz CT molecular complexity index is 352. The summed E-state index contributed by atoms with van der Waals surface area (Å²) in [6.07, 6.45) is 3.73. The summed E-state index contributed by atoms with van der Waals surface area (Å²) in [5.41, 5.74) is 2.64. The van der Waals surface area contributed by atoms with Crippen molar-refractivity contribution < 1.29 is 0 Å². The maximum atomic E-state index is 6.53. The molecule has 1 atom stereocenters. The van der Waals surface area contributed by atoms with Gasteiger partial charge in [-0.3, -0.25) is 0 Å². The van der Waals surface area contributed by atoms with Crippen molar-refractivity contribution in [2.24, 2.45) is 5.92 Å². The Morgan fingerprint density at radius 3 is 2.39 bits per heavy atom. The minimum absolute atomic E-state index is 0.129. The van der Waals surface area contributed by atoms with Crippen molar-refractivity contribution in [2.45, 2.75) is 38.5 Å². The molecule has 1 nitrogen and oxygen atoms in total. The lowest BCUT2D eigenvalue weighted by Gasteiger charge is -2.31. The number of nitrogens with zero attached hydrogens (tertiary/aromatic N) is 1. The first-order chi connectivity index (χ1) is 8.69. The molecule has 1 saturated heterocycles. The van der Waals surface area contributed by atoms with E-state index >= 15 is 0 Å². The van der Waals surface area contributed by atoms with E-state index in [0.29, 0.717) is 0 Å². The largest absolute Gasteiger partial charge is 0.302 e. The summed E-state index contributed by atoms with van der Waals surface area (Å²) in [6.45, 7) is 7.93. The zero-order valence-electron chi connectivity index (χ0n) is 11.5. The van der Waals surface area contributed by atoms with Crippen LogP contribution < -0.4 is 0 Å². The van der Waals surface area contributed by atoms with Gasteiger partial charge in [0.05, 0.1) is 5.38 Å². The molecule has 1 fully saturated rings. The molecule has 1 heterocycles. The number of hydrogen-bond donors (Lipinski definition) is 0. The molecule has 18 heavy (non-hydrogen) atoms. The Balaban J connectivity index is 1.88. The molecule has 1 aromatic carbocycles. The van der Waals surface area contributed by atoms with Crippen LogP contribution >= 0.6 is 11.6 Å². The van der Waals surface area contributed by atoms with E-state index in [1.807, 2.05) is 0 Å². The van der Waals surface area contributed by atoms with Crippen molar-refractivity contribution in [1.82, 2.24) is 4.90 Å². The fourth-order valence-electron chi connectivity index (χ4n) is 2.54. The van der Waals surface area contributed by atoms with Crippen LogP contribution in [0.3, 0.4) is 0 Å². The first-order valence-electron chi connectivity index (χ1n) is 7.14. The Kier molecular flexibility index (Phi) is 5.08. The monoisotopic (exact) mass is 265 g/mol. The molecule has 1 unspecified atom stereocenters. The summed E-state index contributed by atoms with van der Waals surface area (Å²) in [5, 5.41) is 0.129. The fourth-order valence-corrected chi connectivity index (χ4v) is 2.88. The highest BCUT2D eigenvalue weighted by atomic mass is 35.5. The van der Waals surface area contributed by atoms with Crippen molar-refractivity contribution >= 4 is 11.6 Å². The highest BCUT2D eigenvalue weighted by molar-refractivity contribution is 6.21. The van der Waals surface area contributed by atoms with Crippen LogP contribution in [0.5, 0.6) is 0 Å². The number of benzene rings is 1. The lowest BCUT2D eigenvalue weighted by Crippen LogP contribution is -2.35. The van der Waals surface area contributed by atoms with Crippen molar-refractivity contribution in [3.05, 3.63) is 35.4 Å². The molecule has 1 aromatic rings. The minimum Gasteiger partial charge on any atom is -0.302 e. The zero-order valence-corrected chi connectivity index (χ0v) is 12.3. The summed E-state index contributed by atoms with van der Waals surface area (Å²) < 4.78 is 0. The van der Waals surface area contributed by atoms with E-state index in [1.54, 1.807) is 0 Å². The quantitative estimate of drug-likeness (QED) is 0.736. The molecule has 0 bridgehead atoms. The van der Waals surface area contributed by atoms with E-state index in [4.69, 9.17) is 11.6 Å². The lowest BCUT2D eigenvalue weighted by atomic mass is 9.98. The Hall–Kier alpha value is -0.530. The van der Waals surface area contributed by atoms with Gasteiger partial charge >= 0.3 is 0 Å². The van der Waals surface area contributed by atoms with Gasteiger partial charge in [-0.15, -0.1) is 11.6 Å². The molecule has 0 aromatic heterocycles. The van der Waals surface area contributed by atoms with Crippen molar-refractivity contribution in [1.29, 1.82) is 0 Å². The molecule has 1 aliphatic heterocycles. The van der Waals surface area contributed by atoms with Gasteiger partial charge in [0.2, 0.25) is 0 Å². The van der Waals surface area contributed by atoms with E-state index in [2.05, 4.69) is 43.0 Å². The molecular formula is C16H24ClN. The third kappa shape index (κ3) is 3.73. The van der Waals surface area contributed by atoms with Crippen LogP contribution in [-0.2, 0) is 6.42 Å². The number of piperidine rings is 1. The molecular weight excluding hydrogens is 242 g/mol. The zero-order chi connectivity index (χ0) is 13.0. The van der Waals surface area contributed by atoms with E-state index in [9.17, 15) is 0 Å². The van der Waals surface area contributed by atoms with Crippen LogP contribution in [0.1, 0.15) is 43.2 Å². The smallest absolute Gasteiger partial charge is 0.0712 e. The van der Waals surface area contributed by atoms with E-state index in [1.165, 1.54) is 37.1 Å². The summed E-state index contributed by atoms with van der Waals surface area (Å²) in [4.78, 5) is 2.51. The maximum absolute atomic E-state index is 6.53. The number of rotatable bonds is 4. The van der Waals surface area contributed by atoms with Crippen LogP contribution in [0, 0.1) is 5.92 Å². The van der Waals surface area contributed by atoms with Gasteiger partial charge in [-0.25, -0.2) is 0 Å². The van der Waals surface area contributed by atoms with Gasteiger partial charge in [-0.2, -0.15) is 0 Å². The third-order valence-electron chi connectivity index (χ3n) is 4.04. The third-order valence-corrected chi connectivity index (χ3v) is 4.43. The second-order valence-corrected chi connectivity index (χ2v) is 6.07. The van der Waals surface area contributed by atoms with Gasteiger partial charge < -0.3 is 4.90 Å². The van der Waals surface area contributed by atoms with Crippen molar-refractivity contribution in [3.63, 3.8) is 0 Å². The van der Waals surface area contributed by atoms with Crippen LogP contribution in [0.15, 0.2) is 24.3 Å². The van der Waals surface area contributed by atoms with E-state index in [-0.39, 0.29) is 5.38 Å². The summed E-state index contributed by atoms with van der Waals surface area (Å²) >= 11 is 6.53. The maximum Gasteiger partial charge on any atom is 0.0712 e. The van der Waals surface area contributed by atoms with Crippen LogP contribution in [0.2, 0.25) is 0 Å². The van der Waals surface area contributed by atoms with Crippen LogP contribution in [-0.4, -0.2) is 24.5 Å². The molecule has 2 rings (SSSR count). The molecule has 2 heteroatoms. The van der Waals surface area contributed by atoms with Crippen LogP contribution in [0.25, 0.3) is 0 Å². The highest BCUT2D eigenvalue weighted by Crippen LogP contribution is 2.25. The van der Waals surface area contributed by atoms with Crippen LogP contribution in [0.4, 0.5) is 0 Å². The first-order valence-corrected chi connectivity index (χ1v) is 7.58. The predicted octanol–water partition coefficient (Wildman–Crippen LogP) is 4.26. The van der Waals surface area contributed by atoms with E-state index in [0.717, 1.165) is 18.9 Å². The summed E-state index contributed by atoms with van der Waals surface area (Å²) in [7, 11) is 0. The molecule has 1 aliphatic rings. The average Bonchev–Trinajstić information content (AvgIpc) is 2.41. The second-order valence-electron chi connectivity index (χ2n) is 5.55. The van der Waals surface area contributed by atoms with Gasteiger partial charge in [-0.05, 0) is 49.4 Å². The molecule has 0 N–H and O–H groups in total. The Morgan fingerprint density at radius 1 is 1.22 bits per heavy atom. The van der Waals surface area contributed by atoms with Gasteiger partial charge in [0.25, 0.3) is 0 Å². The molecule has 0 saturated carbocycles. The van der Waals surface area contributed by atoms with Crippen molar-refractivity contribution in [2.75, 3.05) is 19.6 Å². The number of aryl methyl sites for hydroxylation is 1. The SMILES string of the molecule is CCc1ccc(C(Cl)CN2CCC(C)CC2)cc1. The van der Waals surface area contributed by atoms with E-state index < -0.39 is 0 Å². The molecule has 100 valence electrons. The number of alkyl halides is 1. The summed E-state index contributed by atoms with van der Waals surface area (Å²) in [6, 6.07) is 8.76. The number of hydrogen-bond acceptors (Lipinski definition) is 1. The number of likely N-dealkylation sites (tertiary alicyclic amines) is 1. The molecule has 0 radical (unpaired) electrons. The van der Waals surface area contributed by atoms with Gasteiger partial charge in [0.1, 0.15) is 0 Å². The first kappa shape index (κ1) is 13.9. The van der Waals surface area contributed by atoms with Gasteiger partial charge in [-0.1, -0.05) is 38.1 Å². The van der Waals surface area contributed by atoms with Gasteiger partial charge in [0.15, 0.2) is 0 Å². The normalized spacial score (nSPS) is 19.9. The topological polar surface area (TPSA) is 3.24 Å². The predicted molar refractivity (Wildman–Crippen MR) is 79.3 cm³/mol. The Labute approximate surface area is 116 Å². The highest BCUT2D eigenvalue weighted by Gasteiger charge is 2.19. The minimum atomic E-state index is 0.129. The second kappa shape index (κ2) is 6.58. The average molecular weight is 266 g/mol. The standard InChI is InChI=1S/C16H24ClN/c1-3-14-4-6-15(7-5-14)16(17)12-18-10-8-13(2)9-11-18/h4-7,13,16H,3,8-12H2,1-2H3. The Morgan fingerprint density at radius 2 is 1.83 bits per heavy atom. The number of halogens is 1.